The van der Waals surface area contributed by atoms with Gasteiger partial charge in [0, 0.05) is 27.0 Å². The number of aromatic nitrogens is 2. The van der Waals surface area contributed by atoms with E-state index in [4.69, 9.17) is 26.3 Å². The molecule has 0 N–H and O–H groups in total. The molecule has 9 heteroatoms. The lowest BCUT2D eigenvalue weighted by molar-refractivity contribution is 0.329. The molecule has 0 amide bonds. The number of hydrogen-bond donors (Lipinski definition) is 0. The zero-order valence-corrected chi connectivity index (χ0v) is 19.6. The van der Waals surface area contributed by atoms with Gasteiger partial charge >= 0.3 is 0 Å². The van der Waals surface area contributed by atoms with Gasteiger partial charge in [-0.2, -0.15) is 15.0 Å². The first-order chi connectivity index (χ1) is 14.9. The molecule has 1 aromatic heterocycles. The fourth-order valence-corrected chi connectivity index (χ4v) is 3.57. The maximum atomic E-state index is 13.3. The Balaban J connectivity index is 2.21. The van der Waals surface area contributed by atoms with Crippen molar-refractivity contribution < 1.29 is 9.47 Å². The van der Waals surface area contributed by atoms with Crippen LogP contribution >= 0.6 is 27.5 Å². The van der Waals surface area contributed by atoms with Crippen LogP contribution in [0.15, 0.2) is 44.7 Å². The van der Waals surface area contributed by atoms with Crippen LogP contribution in [0.1, 0.15) is 37.6 Å². The molecule has 1 heterocycles. The maximum absolute atomic E-state index is 13.3. The number of ether oxygens (including phenoxy) is 2. The Morgan fingerprint density at radius 3 is 2.84 bits per heavy atom. The van der Waals surface area contributed by atoms with Crippen LogP contribution in [0.25, 0.3) is 10.9 Å². The fraction of sp³-hybridized carbons (Fsp3) is 0.273. The first kappa shape index (κ1) is 22.8. The van der Waals surface area contributed by atoms with Crippen molar-refractivity contribution in [3.63, 3.8) is 0 Å². The average Bonchev–Trinajstić information content (AvgIpc) is 2.76. The summed E-state index contributed by atoms with van der Waals surface area (Å²) in [7, 11) is 1.47. The predicted octanol–water partition coefficient (Wildman–Crippen LogP) is 5.12. The number of nitrogens with zero attached hydrogens (tertiary/aromatic N) is 4. The smallest absolute Gasteiger partial charge is 0.282 e. The summed E-state index contributed by atoms with van der Waals surface area (Å²) in [5, 5.41) is 14.2. The van der Waals surface area contributed by atoms with Crippen LogP contribution < -0.4 is 15.0 Å². The fourth-order valence-electron chi connectivity index (χ4n) is 2.99. The molecule has 0 radical (unpaired) electrons. The molecule has 7 nitrogen and oxygen atoms in total. The molecule has 0 aliphatic rings. The molecule has 3 aromatic rings. The summed E-state index contributed by atoms with van der Waals surface area (Å²) >= 11 is 9.60. The van der Waals surface area contributed by atoms with Gasteiger partial charge in [0.05, 0.1) is 24.2 Å². The lowest BCUT2D eigenvalue weighted by atomic mass is 10.1. The third-order valence-electron chi connectivity index (χ3n) is 4.75. The first-order valence-electron chi connectivity index (χ1n) is 9.53. The Bertz CT molecular complexity index is 1250. The number of benzene rings is 2. The van der Waals surface area contributed by atoms with Crippen LogP contribution in [0.4, 0.5) is 0 Å². The summed E-state index contributed by atoms with van der Waals surface area (Å²) in [5.41, 5.74) is 0.791. The minimum absolute atomic E-state index is 0.00102. The lowest BCUT2D eigenvalue weighted by Gasteiger charge is -2.15. The van der Waals surface area contributed by atoms with E-state index in [9.17, 15) is 4.79 Å². The third kappa shape index (κ3) is 4.89. The minimum atomic E-state index is -0.286. The van der Waals surface area contributed by atoms with E-state index in [2.05, 4.69) is 26.0 Å². The zero-order valence-electron chi connectivity index (χ0n) is 17.2. The molecule has 0 fully saturated rings. The van der Waals surface area contributed by atoms with Gasteiger partial charge in [0.1, 0.15) is 11.9 Å². The van der Waals surface area contributed by atoms with E-state index >= 15 is 0 Å². The highest BCUT2D eigenvalue weighted by atomic mass is 79.9. The average molecular weight is 504 g/mol. The Kier molecular flexibility index (Phi) is 7.31. The van der Waals surface area contributed by atoms with Gasteiger partial charge < -0.3 is 9.47 Å². The van der Waals surface area contributed by atoms with Crippen molar-refractivity contribution in [2.24, 2.45) is 5.10 Å². The molecular weight excluding hydrogens is 484 g/mol. The number of rotatable bonds is 7. The molecule has 0 saturated heterocycles. The molecule has 0 aliphatic carbocycles. The summed E-state index contributed by atoms with van der Waals surface area (Å²) in [5.74, 6) is 1.22. The Morgan fingerprint density at radius 1 is 1.39 bits per heavy atom. The highest BCUT2D eigenvalue weighted by molar-refractivity contribution is 9.10. The molecule has 31 heavy (non-hydrogen) atoms. The van der Waals surface area contributed by atoms with Gasteiger partial charge in [-0.25, -0.2) is 4.98 Å². The van der Waals surface area contributed by atoms with Crippen molar-refractivity contribution in [3.8, 4) is 17.6 Å². The van der Waals surface area contributed by atoms with Crippen LogP contribution in [-0.4, -0.2) is 29.6 Å². The molecular formula is C22H20BrClN4O3. The van der Waals surface area contributed by atoms with Crippen LogP contribution in [0, 0.1) is 11.3 Å². The maximum Gasteiger partial charge on any atom is 0.282 e. The van der Waals surface area contributed by atoms with Gasteiger partial charge in [-0.3, -0.25) is 4.79 Å². The van der Waals surface area contributed by atoms with E-state index < -0.39 is 0 Å². The minimum Gasteiger partial charge on any atom is -0.493 e. The van der Waals surface area contributed by atoms with Crippen LogP contribution in [-0.2, 0) is 0 Å². The normalized spacial score (nSPS) is 12.1. The highest BCUT2D eigenvalue weighted by Crippen LogP contribution is 2.34. The predicted molar refractivity (Wildman–Crippen MR) is 125 cm³/mol. The van der Waals surface area contributed by atoms with E-state index in [1.54, 1.807) is 24.3 Å². The quantitative estimate of drug-likeness (QED) is 0.418. The van der Waals surface area contributed by atoms with Crippen LogP contribution in [0.3, 0.4) is 0 Å². The summed E-state index contributed by atoms with van der Waals surface area (Å²) in [6.45, 7) is 3.83. The van der Waals surface area contributed by atoms with E-state index in [0.717, 1.165) is 10.9 Å². The van der Waals surface area contributed by atoms with Gasteiger partial charge in [0.2, 0.25) is 0 Å². The molecule has 0 bridgehead atoms. The standard InChI is InChI=1S/C22H20BrClN4O3/c1-4-13(2)21-27-18-6-5-15(23)10-17(18)22(29)28(21)26-12-14-9-16(24)11-19(30-3)20(14)31-8-7-25/h5-6,9-13H,4,8H2,1-3H3/t13-/m0/s1. The van der Waals surface area contributed by atoms with Gasteiger partial charge in [-0.15, -0.1) is 0 Å². The number of fused-ring (bicyclic) bond motifs is 1. The summed E-state index contributed by atoms with van der Waals surface area (Å²) in [6, 6.07) is 10.5. The summed E-state index contributed by atoms with van der Waals surface area (Å²) < 4.78 is 12.9. The SMILES string of the molecule is CC[C@H](C)c1nc2ccc(Br)cc2c(=O)n1N=Cc1cc(Cl)cc(OC)c1OCC#N. The number of halogens is 2. The molecule has 160 valence electrons. The number of methoxy groups -OCH3 is 1. The van der Waals surface area contributed by atoms with Crippen molar-refractivity contribution in [1.82, 2.24) is 9.66 Å². The van der Waals surface area contributed by atoms with Gasteiger partial charge in [-0.1, -0.05) is 41.4 Å². The van der Waals surface area contributed by atoms with Crippen molar-refractivity contribution in [2.45, 2.75) is 26.2 Å². The second-order valence-electron chi connectivity index (χ2n) is 6.78. The van der Waals surface area contributed by atoms with Crippen molar-refractivity contribution in [1.29, 1.82) is 5.26 Å². The lowest BCUT2D eigenvalue weighted by Crippen LogP contribution is -2.23. The second kappa shape index (κ2) is 9.94. The highest BCUT2D eigenvalue weighted by Gasteiger charge is 2.17. The van der Waals surface area contributed by atoms with E-state index in [1.165, 1.54) is 18.0 Å². The topological polar surface area (TPSA) is 89.5 Å². The van der Waals surface area contributed by atoms with E-state index in [-0.39, 0.29) is 18.1 Å². The molecule has 0 aliphatic heterocycles. The number of hydrogen-bond acceptors (Lipinski definition) is 6. The summed E-state index contributed by atoms with van der Waals surface area (Å²) in [6.07, 6.45) is 2.24. The molecule has 0 spiro atoms. The zero-order chi connectivity index (χ0) is 22.5. The van der Waals surface area contributed by atoms with Crippen molar-refractivity contribution in [3.05, 3.63) is 61.6 Å². The molecule has 2 aromatic carbocycles. The Labute approximate surface area is 193 Å². The first-order valence-corrected chi connectivity index (χ1v) is 10.7. The van der Waals surface area contributed by atoms with Crippen LogP contribution in [0.2, 0.25) is 5.02 Å². The second-order valence-corrected chi connectivity index (χ2v) is 8.13. The van der Waals surface area contributed by atoms with E-state index in [1.807, 2.05) is 26.0 Å². The molecule has 0 saturated carbocycles. The number of nitriles is 1. The van der Waals surface area contributed by atoms with Gasteiger partial charge in [0.25, 0.3) is 5.56 Å². The Morgan fingerprint density at radius 2 is 2.16 bits per heavy atom. The Hall–Kier alpha value is -2.89. The van der Waals surface area contributed by atoms with Crippen molar-refractivity contribution in [2.75, 3.05) is 13.7 Å². The largest absolute Gasteiger partial charge is 0.493 e. The summed E-state index contributed by atoms with van der Waals surface area (Å²) in [4.78, 5) is 17.9. The monoisotopic (exact) mass is 502 g/mol. The van der Waals surface area contributed by atoms with E-state index in [0.29, 0.717) is 38.8 Å². The third-order valence-corrected chi connectivity index (χ3v) is 5.46. The van der Waals surface area contributed by atoms with Crippen LogP contribution in [0.5, 0.6) is 11.5 Å². The molecule has 0 unspecified atom stereocenters. The van der Waals surface area contributed by atoms with Gasteiger partial charge in [0.15, 0.2) is 18.1 Å². The molecule has 1 atom stereocenters. The van der Waals surface area contributed by atoms with Crippen molar-refractivity contribution >= 4 is 44.6 Å². The molecule has 3 rings (SSSR count). The van der Waals surface area contributed by atoms with Gasteiger partial charge in [-0.05, 0) is 30.7 Å².